The van der Waals surface area contributed by atoms with Crippen LogP contribution in [-0.2, 0) is 0 Å². The lowest BCUT2D eigenvalue weighted by Crippen LogP contribution is -1.99. The molecule has 9 nitrogen and oxygen atoms in total. The summed E-state index contributed by atoms with van der Waals surface area (Å²) in [5.74, 6) is -2.23. The first-order valence-corrected chi connectivity index (χ1v) is 6.09. The van der Waals surface area contributed by atoms with Crippen LogP contribution >= 0.6 is 0 Å². The Kier molecular flexibility index (Phi) is 3.14. The Bertz CT molecular complexity index is 894. The molecule has 0 amide bonds. The average molecular weight is 299 g/mol. The van der Waals surface area contributed by atoms with Gasteiger partial charge in [0.25, 0.3) is 0 Å². The van der Waals surface area contributed by atoms with Gasteiger partial charge in [-0.3, -0.25) is 4.79 Å². The second-order valence-corrected chi connectivity index (χ2v) is 4.40. The normalized spacial score (nSPS) is 11.7. The topological polar surface area (TPSA) is 145 Å². The third-order valence-electron chi connectivity index (χ3n) is 3.04. The van der Waals surface area contributed by atoms with E-state index in [9.17, 15) is 14.7 Å². The Morgan fingerprint density at radius 1 is 1.23 bits per heavy atom. The number of tetrazole rings is 1. The van der Waals surface area contributed by atoms with E-state index in [1.165, 1.54) is 18.3 Å². The molecule has 110 valence electrons. The molecule has 4 N–H and O–H groups in total. The number of rotatable bonds is 4. The fourth-order valence-corrected chi connectivity index (χ4v) is 2.00. The van der Waals surface area contributed by atoms with E-state index in [-0.39, 0.29) is 17.1 Å². The number of hydrogen-bond donors (Lipinski definition) is 4. The summed E-state index contributed by atoms with van der Waals surface area (Å²) in [4.78, 5) is 25.7. The highest BCUT2D eigenvalue weighted by Gasteiger charge is 2.14. The fraction of sp³-hybridized carbons (Fsp3) is 0. The molecule has 2 aromatic heterocycles. The van der Waals surface area contributed by atoms with Crippen molar-refractivity contribution in [1.82, 2.24) is 25.6 Å². The molecular formula is C13H9N5O4. The van der Waals surface area contributed by atoms with Crippen LogP contribution in [-0.4, -0.2) is 47.6 Å². The molecule has 0 saturated carbocycles. The van der Waals surface area contributed by atoms with Gasteiger partial charge < -0.3 is 15.2 Å². The van der Waals surface area contributed by atoms with Gasteiger partial charge in [0, 0.05) is 28.7 Å². The van der Waals surface area contributed by atoms with Crippen LogP contribution in [0.3, 0.4) is 0 Å². The van der Waals surface area contributed by atoms with E-state index in [4.69, 9.17) is 5.11 Å². The largest absolute Gasteiger partial charge is 0.507 e. The second kappa shape index (κ2) is 5.13. The summed E-state index contributed by atoms with van der Waals surface area (Å²) >= 11 is 0. The summed E-state index contributed by atoms with van der Waals surface area (Å²) in [6.45, 7) is 0. The number of fused-ring (bicyclic) bond motifs is 1. The van der Waals surface area contributed by atoms with Gasteiger partial charge in [0.05, 0.1) is 5.56 Å². The molecule has 1 aromatic carbocycles. The Labute approximate surface area is 122 Å². The number of carbonyl (C=O) groups excluding carboxylic acids is 1. The van der Waals surface area contributed by atoms with Gasteiger partial charge in [-0.1, -0.05) is 0 Å². The molecule has 0 atom stereocenters. The third kappa shape index (κ3) is 2.30. The van der Waals surface area contributed by atoms with Gasteiger partial charge in [-0.15, -0.1) is 10.2 Å². The van der Waals surface area contributed by atoms with Gasteiger partial charge in [-0.25, -0.2) is 4.79 Å². The molecule has 0 saturated heterocycles. The summed E-state index contributed by atoms with van der Waals surface area (Å²) in [5, 5.41) is 32.0. The zero-order chi connectivity index (χ0) is 15.7. The summed E-state index contributed by atoms with van der Waals surface area (Å²) < 4.78 is 0. The van der Waals surface area contributed by atoms with E-state index in [1.807, 2.05) is 0 Å². The number of H-pyrrole nitrogens is 2. The zero-order valence-electron chi connectivity index (χ0n) is 10.9. The first-order valence-electron chi connectivity index (χ1n) is 6.09. The maximum Gasteiger partial charge on any atom is 0.335 e. The Morgan fingerprint density at radius 2 is 2.05 bits per heavy atom. The molecule has 3 rings (SSSR count). The highest BCUT2D eigenvalue weighted by Crippen LogP contribution is 2.25. The van der Waals surface area contributed by atoms with Crippen LogP contribution in [0.15, 0.2) is 30.5 Å². The number of carboxylic acid groups (broad SMARTS) is 1. The molecule has 9 heteroatoms. The predicted molar refractivity (Wildman–Crippen MR) is 74.4 cm³/mol. The van der Waals surface area contributed by atoms with Crippen molar-refractivity contribution in [1.29, 1.82) is 0 Å². The quantitative estimate of drug-likeness (QED) is 0.321. The van der Waals surface area contributed by atoms with Crippen LogP contribution in [0.25, 0.3) is 16.7 Å². The van der Waals surface area contributed by atoms with Gasteiger partial charge in [0.1, 0.15) is 5.76 Å². The van der Waals surface area contributed by atoms with E-state index in [0.717, 1.165) is 6.08 Å². The number of aromatic amines is 2. The first kappa shape index (κ1) is 13.5. The number of carboxylic acids is 1. The number of carbonyl (C=O) groups is 2. The number of nitrogens with one attached hydrogen (secondary N) is 2. The number of nitrogens with zero attached hydrogens (tertiary/aromatic N) is 3. The monoisotopic (exact) mass is 299 g/mol. The number of hydrogen-bond acceptors (Lipinski definition) is 6. The summed E-state index contributed by atoms with van der Waals surface area (Å²) in [5.41, 5.74) is 1.01. The van der Waals surface area contributed by atoms with Gasteiger partial charge in [-0.05, 0) is 23.4 Å². The molecule has 2 heterocycles. The third-order valence-corrected chi connectivity index (χ3v) is 3.04. The number of aliphatic hydroxyl groups excluding tert-OH is 1. The summed E-state index contributed by atoms with van der Waals surface area (Å²) in [6.07, 6.45) is 2.42. The van der Waals surface area contributed by atoms with Crippen molar-refractivity contribution < 1.29 is 19.8 Å². The SMILES string of the molecule is O=C(O)c1ccc2[nH]cc(/C(O)=C/C(=O)c3nn[nH]n3)c2c1. The van der Waals surface area contributed by atoms with Crippen LogP contribution in [0.2, 0.25) is 0 Å². The molecule has 0 aliphatic heterocycles. The molecule has 0 radical (unpaired) electrons. The lowest BCUT2D eigenvalue weighted by molar-refractivity contribution is 0.0697. The minimum atomic E-state index is -1.08. The van der Waals surface area contributed by atoms with Crippen LogP contribution in [0.4, 0.5) is 0 Å². The van der Waals surface area contributed by atoms with Crippen LogP contribution in [0, 0.1) is 0 Å². The lowest BCUT2D eigenvalue weighted by atomic mass is 10.1. The highest BCUT2D eigenvalue weighted by atomic mass is 16.4. The van der Waals surface area contributed by atoms with Gasteiger partial charge in [0.15, 0.2) is 0 Å². The summed E-state index contributed by atoms with van der Waals surface area (Å²) in [6, 6.07) is 4.43. The fourth-order valence-electron chi connectivity index (χ4n) is 2.00. The van der Waals surface area contributed by atoms with E-state index in [2.05, 4.69) is 25.6 Å². The van der Waals surface area contributed by atoms with E-state index in [0.29, 0.717) is 16.5 Å². The van der Waals surface area contributed by atoms with E-state index in [1.54, 1.807) is 6.07 Å². The average Bonchev–Trinajstić information content (AvgIpc) is 3.15. The molecule has 0 fully saturated rings. The number of benzene rings is 1. The Morgan fingerprint density at radius 3 is 2.73 bits per heavy atom. The van der Waals surface area contributed by atoms with Crippen LogP contribution in [0.1, 0.15) is 26.5 Å². The molecule has 0 aliphatic carbocycles. The number of aromatic nitrogens is 5. The smallest absolute Gasteiger partial charge is 0.335 e. The minimum absolute atomic E-state index is 0.0747. The van der Waals surface area contributed by atoms with E-state index < -0.39 is 11.8 Å². The van der Waals surface area contributed by atoms with Gasteiger partial charge in [0.2, 0.25) is 11.6 Å². The Balaban J connectivity index is 2.03. The summed E-state index contributed by atoms with van der Waals surface area (Å²) in [7, 11) is 0. The van der Waals surface area contributed by atoms with Crippen molar-refractivity contribution in [2.75, 3.05) is 0 Å². The van der Waals surface area contributed by atoms with Crippen LogP contribution in [0.5, 0.6) is 0 Å². The van der Waals surface area contributed by atoms with Crippen molar-refractivity contribution in [2.45, 2.75) is 0 Å². The standard InChI is InChI=1S/C13H9N5O4/c19-10(4-11(20)12-15-17-18-16-12)8-5-14-9-2-1-6(13(21)22)3-7(8)9/h1-5,14,19H,(H,21,22)(H,15,16,17,18)/b10-4-. The lowest BCUT2D eigenvalue weighted by Gasteiger charge is -1.99. The van der Waals surface area contributed by atoms with Crippen molar-refractivity contribution in [3.63, 3.8) is 0 Å². The molecule has 22 heavy (non-hydrogen) atoms. The molecular weight excluding hydrogens is 290 g/mol. The highest BCUT2D eigenvalue weighted by molar-refractivity contribution is 6.07. The number of ketones is 1. The number of aromatic carboxylic acids is 1. The van der Waals surface area contributed by atoms with Crippen molar-refractivity contribution in [2.24, 2.45) is 0 Å². The van der Waals surface area contributed by atoms with E-state index >= 15 is 0 Å². The predicted octanol–water partition coefficient (Wildman–Crippen LogP) is 1.16. The Hall–Kier alpha value is -3.49. The molecule has 0 spiro atoms. The second-order valence-electron chi connectivity index (χ2n) is 4.40. The van der Waals surface area contributed by atoms with Gasteiger partial charge in [-0.2, -0.15) is 5.21 Å². The first-order chi connectivity index (χ1) is 10.6. The molecule has 0 bridgehead atoms. The van der Waals surface area contributed by atoms with Crippen molar-refractivity contribution in [3.8, 4) is 0 Å². The number of aliphatic hydroxyl groups is 1. The molecule has 3 aromatic rings. The maximum absolute atomic E-state index is 11.8. The van der Waals surface area contributed by atoms with Crippen LogP contribution < -0.4 is 0 Å². The van der Waals surface area contributed by atoms with Crippen molar-refractivity contribution >= 4 is 28.4 Å². The zero-order valence-corrected chi connectivity index (χ0v) is 10.9. The minimum Gasteiger partial charge on any atom is -0.507 e. The molecule has 0 aliphatic rings. The maximum atomic E-state index is 11.8. The molecule has 0 unspecified atom stereocenters. The van der Waals surface area contributed by atoms with Gasteiger partial charge >= 0.3 is 5.97 Å². The van der Waals surface area contributed by atoms with Crippen molar-refractivity contribution in [3.05, 3.63) is 47.4 Å². The number of allylic oxidation sites excluding steroid dienone is 1.